The second-order valence-electron chi connectivity index (χ2n) is 4.25. The summed E-state index contributed by atoms with van der Waals surface area (Å²) in [6.45, 7) is 0.759. The quantitative estimate of drug-likeness (QED) is 0.617. The van der Waals surface area contributed by atoms with Crippen LogP contribution < -0.4 is 0 Å². The molecule has 0 N–H and O–H groups in total. The molecule has 0 radical (unpaired) electrons. The number of nitro benzene ring substituents is 1. The average Bonchev–Trinajstić information content (AvgIpc) is 2.40. The molecule has 1 aliphatic rings. The van der Waals surface area contributed by atoms with E-state index in [2.05, 4.69) is 0 Å². The second-order valence-corrected chi connectivity index (χ2v) is 6.11. The van der Waals surface area contributed by atoms with E-state index in [1.165, 1.54) is 24.3 Å². The van der Waals surface area contributed by atoms with Crippen molar-refractivity contribution in [2.75, 3.05) is 13.2 Å². The summed E-state index contributed by atoms with van der Waals surface area (Å²) in [5.74, 6) is -0.217. The molecule has 0 saturated carbocycles. The molecule has 0 spiro atoms. The summed E-state index contributed by atoms with van der Waals surface area (Å²) in [6.07, 6.45) is 1.63. The molecule has 7 nitrogen and oxygen atoms in total. The molecule has 0 unspecified atom stereocenters. The molecule has 0 atom stereocenters. The van der Waals surface area contributed by atoms with Crippen molar-refractivity contribution in [3.05, 3.63) is 39.9 Å². The lowest BCUT2D eigenvalue weighted by atomic mass is 10.2. The zero-order valence-electron chi connectivity index (χ0n) is 10.2. The number of hydrogen-bond acceptors (Lipinski definition) is 5. The number of non-ortho nitro benzene ring substituents is 1. The molecule has 0 aliphatic carbocycles. The van der Waals surface area contributed by atoms with Crippen LogP contribution in [0.5, 0.6) is 0 Å². The Morgan fingerprint density at radius 3 is 2.47 bits per heavy atom. The van der Waals surface area contributed by atoms with E-state index in [9.17, 15) is 18.5 Å². The zero-order valence-corrected chi connectivity index (χ0v) is 11.0. The zero-order chi connectivity index (χ0) is 13.9. The molecule has 0 amide bonds. The molecule has 0 aromatic heterocycles. The van der Waals surface area contributed by atoms with Gasteiger partial charge in [-0.1, -0.05) is 16.6 Å². The molecule has 0 bridgehead atoms. The van der Waals surface area contributed by atoms with E-state index < -0.39 is 14.9 Å². The highest BCUT2D eigenvalue weighted by molar-refractivity contribution is 7.88. The van der Waals surface area contributed by atoms with Crippen molar-refractivity contribution in [2.45, 2.75) is 18.6 Å². The second kappa shape index (κ2) is 5.64. The van der Waals surface area contributed by atoms with E-state index in [-0.39, 0.29) is 11.4 Å². The van der Waals surface area contributed by atoms with Crippen molar-refractivity contribution >= 4 is 15.7 Å². The smallest absolute Gasteiger partial charge is 0.269 e. The van der Waals surface area contributed by atoms with Gasteiger partial charge in [0, 0.05) is 18.7 Å². The van der Waals surface area contributed by atoms with Crippen LogP contribution in [0, 0.1) is 10.1 Å². The molecule has 1 saturated heterocycles. The third kappa shape index (κ3) is 3.49. The minimum Gasteiger partial charge on any atom is -0.284 e. The summed E-state index contributed by atoms with van der Waals surface area (Å²) < 4.78 is 25.1. The van der Waals surface area contributed by atoms with Gasteiger partial charge in [-0.15, -0.1) is 0 Å². The highest BCUT2D eigenvalue weighted by atomic mass is 32.2. The van der Waals surface area contributed by atoms with Crippen LogP contribution in [0.3, 0.4) is 0 Å². The number of hydrogen-bond donors (Lipinski definition) is 0. The van der Waals surface area contributed by atoms with Crippen LogP contribution in [0.15, 0.2) is 24.3 Å². The molecule has 1 aromatic carbocycles. The van der Waals surface area contributed by atoms with E-state index in [1.54, 1.807) is 0 Å². The van der Waals surface area contributed by atoms with Crippen LogP contribution in [0.1, 0.15) is 18.4 Å². The first-order valence-corrected chi connectivity index (χ1v) is 7.46. The van der Waals surface area contributed by atoms with E-state index in [0.717, 1.165) is 17.3 Å². The number of hydroxylamine groups is 1. The maximum absolute atomic E-state index is 12.0. The molecule has 19 heavy (non-hydrogen) atoms. The van der Waals surface area contributed by atoms with Gasteiger partial charge < -0.3 is 0 Å². The minimum atomic E-state index is -3.53. The maximum Gasteiger partial charge on any atom is 0.269 e. The Hall–Kier alpha value is -1.51. The van der Waals surface area contributed by atoms with Gasteiger partial charge in [0.15, 0.2) is 0 Å². The predicted octanol–water partition coefficient (Wildman–Crippen LogP) is 1.45. The van der Waals surface area contributed by atoms with Crippen molar-refractivity contribution in [1.29, 1.82) is 0 Å². The fourth-order valence-electron chi connectivity index (χ4n) is 1.79. The lowest BCUT2D eigenvalue weighted by Gasteiger charge is -2.25. The van der Waals surface area contributed by atoms with Crippen LogP contribution >= 0.6 is 0 Å². The minimum absolute atomic E-state index is 0.0598. The highest BCUT2D eigenvalue weighted by Gasteiger charge is 2.25. The first-order chi connectivity index (χ1) is 8.99. The molecular weight excluding hydrogens is 272 g/mol. The molecule has 1 aromatic rings. The fourth-order valence-corrected chi connectivity index (χ4v) is 3.19. The van der Waals surface area contributed by atoms with Gasteiger partial charge in [-0.25, -0.2) is 8.42 Å². The molecular formula is C11H14N2O5S. The first-order valence-electron chi connectivity index (χ1n) is 5.86. The van der Waals surface area contributed by atoms with Gasteiger partial charge in [-0.2, -0.15) is 0 Å². The molecule has 1 fully saturated rings. The summed E-state index contributed by atoms with van der Waals surface area (Å²) >= 11 is 0. The fraction of sp³-hybridized carbons (Fsp3) is 0.455. The largest absolute Gasteiger partial charge is 0.284 e. The predicted molar refractivity (Wildman–Crippen MR) is 67.6 cm³/mol. The van der Waals surface area contributed by atoms with Crippen LogP contribution in [-0.4, -0.2) is 31.0 Å². The maximum atomic E-state index is 12.0. The topological polar surface area (TPSA) is 89.8 Å². The van der Waals surface area contributed by atoms with Crippen LogP contribution in [0.2, 0.25) is 0 Å². The first kappa shape index (κ1) is 13.9. The number of benzene rings is 1. The number of nitrogens with zero attached hydrogens (tertiary/aromatic N) is 2. The van der Waals surface area contributed by atoms with E-state index >= 15 is 0 Å². The van der Waals surface area contributed by atoms with Gasteiger partial charge in [0.2, 0.25) is 10.0 Å². The standard InChI is InChI=1S/C11H14N2O5S/c14-13(15)11-5-3-10(4-6-11)9-19(16,17)12-7-1-2-8-18-12/h3-6H,1-2,7-9H2. The number of rotatable bonds is 4. The Labute approximate surface area is 110 Å². The summed E-state index contributed by atoms with van der Waals surface area (Å²) in [7, 11) is -3.53. The Morgan fingerprint density at radius 2 is 1.95 bits per heavy atom. The van der Waals surface area contributed by atoms with Gasteiger partial charge >= 0.3 is 0 Å². The summed E-state index contributed by atoms with van der Waals surface area (Å²) in [6, 6.07) is 5.48. The Bertz CT molecular complexity index is 549. The van der Waals surface area contributed by atoms with Gasteiger partial charge in [-0.3, -0.25) is 15.0 Å². The highest BCUT2D eigenvalue weighted by Crippen LogP contribution is 2.18. The lowest BCUT2D eigenvalue weighted by Crippen LogP contribution is -2.36. The van der Waals surface area contributed by atoms with Crippen LogP contribution in [0.25, 0.3) is 0 Å². The van der Waals surface area contributed by atoms with Gasteiger partial charge in [0.05, 0.1) is 17.3 Å². The van der Waals surface area contributed by atoms with Crippen molar-refractivity contribution in [3.63, 3.8) is 0 Å². The SMILES string of the molecule is O=[N+]([O-])c1ccc(CS(=O)(=O)N2CCCCO2)cc1. The number of sulfonamides is 1. The Morgan fingerprint density at radius 1 is 1.26 bits per heavy atom. The normalized spacial score (nSPS) is 17.3. The third-order valence-electron chi connectivity index (χ3n) is 2.78. The van der Waals surface area contributed by atoms with Gasteiger partial charge in [0.25, 0.3) is 5.69 Å². The molecule has 104 valence electrons. The van der Waals surface area contributed by atoms with Crippen molar-refractivity contribution < 1.29 is 18.2 Å². The van der Waals surface area contributed by atoms with Crippen molar-refractivity contribution in [1.82, 2.24) is 4.47 Å². The molecule has 1 aliphatic heterocycles. The lowest BCUT2D eigenvalue weighted by molar-refractivity contribution is -0.384. The van der Waals surface area contributed by atoms with E-state index in [4.69, 9.17) is 4.84 Å². The van der Waals surface area contributed by atoms with E-state index in [1.807, 2.05) is 0 Å². The Balaban J connectivity index is 2.09. The summed E-state index contributed by atoms with van der Waals surface area (Å²) in [4.78, 5) is 15.1. The number of nitro groups is 1. The molecule has 8 heteroatoms. The van der Waals surface area contributed by atoms with Gasteiger partial charge in [0.1, 0.15) is 0 Å². The molecule has 2 rings (SSSR count). The summed E-state index contributed by atoms with van der Waals surface area (Å²) in [5, 5.41) is 10.5. The third-order valence-corrected chi connectivity index (χ3v) is 4.38. The van der Waals surface area contributed by atoms with Gasteiger partial charge in [-0.05, 0) is 18.4 Å². The summed E-state index contributed by atoms with van der Waals surface area (Å²) in [5.41, 5.74) is 0.440. The van der Waals surface area contributed by atoms with Crippen molar-refractivity contribution in [3.8, 4) is 0 Å². The molecule has 1 heterocycles. The average molecular weight is 286 g/mol. The monoisotopic (exact) mass is 286 g/mol. The van der Waals surface area contributed by atoms with Crippen LogP contribution in [-0.2, 0) is 20.6 Å². The Kier molecular flexibility index (Phi) is 4.13. The van der Waals surface area contributed by atoms with E-state index in [0.29, 0.717) is 18.7 Å². The van der Waals surface area contributed by atoms with Crippen molar-refractivity contribution in [2.24, 2.45) is 0 Å². The van der Waals surface area contributed by atoms with Crippen LogP contribution in [0.4, 0.5) is 5.69 Å².